The van der Waals surface area contributed by atoms with Crippen molar-refractivity contribution in [3.63, 3.8) is 0 Å². The Labute approximate surface area is 165 Å². The monoisotopic (exact) mass is 375 g/mol. The van der Waals surface area contributed by atoms with Gasteiger partial charge in [0.2, 0.25) is 0 Å². The number of carbonyl (C=O) groups excluding carboxylic acids is 1. The van der Waals surface area contributed by atoms with E-state index in [4.69, 9.17) is 0 Å². The highest BCUT2D eigenvalue weighted by Crippen LogP contribution is 2.20. The minimum absolute atomic E-state index is 0.175. The van der Waals surface area contributed by atoms with Crippen molar-refractivity contribution in [1.29, 1.82) is 0 Å². The summed E-state index contributed by atoms with van der Waals surface area (Å²) in [5.74, 6) is 0.444. The summed E-state index contributed by atoms with van der Waals surface area (Å²) in [6, 6.07) is 19.2. The number of hydrogen-bond acceptors (Lipinski definition) is 5. The lowest BCUT2D eigenvalue weighted by atomic mass is 10.2. The van der Waals surface area contributed by atoms with E-state index in [-0.39, 0.29) is 5.91 Å². The first-order valence-electron chi connectivity index (χ1n) is 9.01. The highest BCUT2D eigenvalue weighted by molar-refractivity contribution is 6.04. The fourth-order valence-electron chi connectivity index (χ4n) is 2.68. The van der Waals surface area contributed by atoms with Crippen molar-refractivity contribution in [2.75, 3.05) is 48.6 Å². The number of nitrogens with one attached hydrogen (secondary N) is 2. The topological polar surface area (TPSA) is 60.5 Å². The van der Waals surface area contributed by atoms with Crippen molar-refractivity contribution in [3.8, 4) is 0 Å². The van der Waals surface area contributed by atoms with Crippen LogP contribution in [0.3, 0.4) is 0 Å². The third-order valence-electron chi connectivity index (χ3n) is 4.32. The molecule has 3 aromatic rings. The van der Waals surface area contributed by atoms with Crippen LogP contribution in [-0.2, 0) is 0 Å². The van der Waals surface area contributed by atoms with Crippen LogP contribution in [0.1, 0.15) is 10.4 Å². The fraction of sp³-hybridized carbons (Fsp3) is 0.182. The maximum Gasteiger partial charge on any atom is 0.255 e. The molecule has 2 aromatic carbocycles. The molecule has 0 atom stereocenters. The molecular weight excluding hydrogens is 350 g/mol. The third-order valence-corrected chi connectivity index (χ3v) is 4.32. The Hall–Kier alpha value is -3.54. The lowest BCUT2D eigenvalue weighted by Gasteiger charge is -2.14. The molecule has 1 heterocycles. The third kappa shape index (κ3) is 4.79. The number of benzene rings is 2. The molecule has 0 aliphatic rings. The van der Waals surface area contributed by atoms with E-state index in [2.05, 4.69) is 15.6 Å². The summed E-state index contributed by atoms with van der Waals surface area (Å²) in [6.07, 6.45) is 1.63. The van der Waals surface area contributed by atoms with Gasteiger partial charge in [-0.3, -0.25) is 4.79 Å². The lowest BCUT2D eigenvalue weighted by molar-refractivity contribution is 0.102. The van der Waals surface area contributed by atoms with Gasteiger partial charge in [-0.25, -0.2) is 4.98 Å². The highest BCUT2D eigenvalue weighted by atomic mass is 16.1. The Balaban J connectivity index is 1.68. The summed E-state index contributed by atoms with van der Waals surface area (Å²) in [7, 11) is 7.96. The fourth-order valence-corrected chi connectivity index (χ4v) is 2.68. The molecule has 0 unspecified atom stereocenters. The number of aromatic nitrogens is 1. The minimum Gasteiger partial charge on any atom is -0.378 e. The summed E-state index contributed by atoms with van der Waals surface area (Å²) in [6.45, 7) is 0. The zero-order chi connectivity index (χ0) is 20.1. The predicted molar refractivity (Wildman–Crippen MR) is 117 cm³/mol. The van der Waals surface area contributed by atoms with Crippen LogP contribution >= 0.6 is 0 Å². The van der Waals surface area contributed by atoms with Gasteiger partial charge in [0.15, 0.2) is 0 Å². The molecule has 3 rings (SSSR count). The average Bonchev–Trinajstić information content (AvgIpc) is 2.69. The molecule has 0 saturated heterocycles. The minimum atomic E-state index is -0.175. The second-order valence-electron chi connectivity index (χ2n) is 6.89. The first-order chi connectivity index (χ1) is 13.4. The maximum atomic E-state index is 12.6. The molecule has 6 nitrogen and oxygen atoms in total. The Morgan fingerprint density at radius 3 is 1.86 bits per heavy atom. The number of hydrogen-bond donors (Lipinski definition) is 2. The summed E-state index contributed by atoms with van der Waals surface area (Å²) in [5.41, 5.74) is 4.40. The van der Waals surface area contributed by atoms with Gasteiger partial charge in [-0.2, -0.15) is 0 Å². The molecular formula is C22H25N5O. The molecule has 0 fully saturated rings. The summed E-state index contributed by atoms with van der Waals surface area (Å²) < 4.78 is 0. The predicted octanol–water partition coefficient (Wildman–Crippen LogP) is 4.21. The second-order valence-corrected chi connectivity index (χ2v) is 6.89. The van der Waals surface area contributed by atoms with E-state index in [1.807, 2.05) is 86.5 Å². The van der Waals surface area contributed by atoms with Crippen molar-refractivity contribution >= 4 is 34.5 Å². The Bertz CT molecular complexity index is 934. The van der Waals surface area contributed by atoms with Crippen molar-refractivity contribution in [3.05, 3.63) is 72.4 Å². The van der Waals surface area contributed by atoms with Crippen molar-refractivity contribution in [1.82, 2.24) is 4.98 Å². The Kier molecular flexibility index (Phi) is 5.79. The van der Waals surface area contributed by atoms with Gasteiger partial charge in [-0.1, -0.05) is 0 Å². The van der Waals surface area contributed by atoms with Gasteiger partial charge >= 0.3 is 0 Å². The van der Waals surface area contributed by atoms with Crippen LogP contribution in [0, 0.1) is 0 Å². The maximum absolute atomic E-state index is 12.6. The molecule has 6 heteroatoms. The summed E-state index contributed by atoms with van der Waals surface area (Å²) >= 11 is 0. The van der Waals surface area contributed by atoms with E-state index in [9.17, 15) is 4.79 Å². The number of pyridine rings is 1. The number of nitrogens with zero attached hydrogens (tertiary/aromatic N) is 3. The Morgan fingerprint density at radius 2 is 1.32 bits per heavy atom. The number of carbonyl (C=O) groups is 1. The van der Waals surface area contributed by atoms with Crippen LogP contribution < -0.4 is 20.4 Å². The number of anilines is 5. The van der Waals surface area contributed by atoms with Gasteiger partial charge in [0.1, 0.15) is 5.82 Å². The van der Waals surface area contributed by atoms with E-state index < -0.39 is 0 Å². The lowest BCUT2D eigenvalue weighted by Crippen LogP contribution is -2.13. The molecule has 0 aliphatic heterocycles. The van der Waals surface area contributed by atoms with Crippen LogP contribution in [0.5, 0.6) is 0 Å². The van der Waals surface area contributed by atoms with E-state index in [0.717, 1.165) is 22.7 Å². The van der Waals surface area contributed by atoms with Gasteiger partial charge in [0, 0.05) is 62.7 Å². The number of amides is 1. The number of rotatable bonds is 6. The molecule has 0 bridgehead atoms. The van der Waals surface area contributed by atoms with Gasteiger partial charge in [-0.05, 0) is 60.7 Å². The van der Waals surface area contributed by atoms with Crippen molar-refractivity contribution < 1.29 is 4.79 Å². The SMILES string of the molecule is CN(C)c1ccc(NC(=O)c2ccnc(Nc3ccc(N(C)C)cc3)c2)cc1. The van der Waals surface area contributed by atoms with Crippen LogP contribution in [0.2, 0.25) is 0 Å². The van der Waals surface area contributed by atoms with E-state index >= 15 is 0 Å². The van der Waals surface area contributed by atoms with Crippen LogP contribution in [0.25, 0.3) is 0 Å². The largest absolute Gasteiger partial charge is 0.378 e. The summed E-state index contributed by atoms with van der Waals surface area (Å²) in [5, 5.41) is 6.15. The molecule has 1 amide bonds. The van der Waals surface area contributed by atoms with Crippen LogP contribution in [-0.4, -0.2) is 39.1 Å². The molecule has 1 aromatic heterocycles. The van der Waals surface area contributed by atoms with Gasteiger partial charge in [0.05, 0.1) is 0 Å². The molecule has 0 saturated carbocycles. The van der Waals surface area contributed by atoms with Gasteiger partial charge < -0.3 is 20.4 Å². The second kappa shape index (κ2) is 8.43. The van der Waals surface area contributed by atoms with Crippen molar-refractivity contribution in [2.45, 2.75) is 0 Å². The molecule has 2 N–H and O–H groups in total. The standard InChI is InChI=1S/C22H25N5O/c1-26(2)19-9-5-17(6-10-19)24-21-15-16(13-14-23-21)22(28)25-18-7-11-20(12-8-18)27(3)4/h5-15H,1-4H3,(H,23,24)(H,25,28). The molecule has 28 heavy (non-hydrogen) atoms. The summed E-state index contributed by atoms with van der Waals surface area (Å²) in [4.78, 5) is 20.9. The molecule has 0 spiro atoms. The Morgan fingerprint density at radius 1 is 0.786 bits per heavy atom. The quantitative estimate of drug-likeness (QED) is 0.676. The smallest absolute Gasteiger partial charge is 0.255 e. The van der Waals surface area contributed by atoms with Gasteiger partial charge in [-0.15, -0.1) is 0 Å². The van der Waals surface area contributed by atoms with E-state index in [1.165, 1.54) is 0 Å². The molecule has 0 aliphatic carbocycles. The average molecular weight is 375 g/mol. The first-order valence-corrected chi connectivity index (χ1v) is 9.01. The zero-order valence-corrected chi connectivity index (χ0v) is 16.6. The first kappa shape index (κ1) is 19.2. The highest BCUT2D eigenvalue weighted by Gasteiger charge is 2.08. The zero-order valence-electron chi connectivity index (χ0n) is 16.6. The van der Waals surface area contributed by atoms with E-state index in [1.54, 1.807) is 18.3 Å². The van der Waals surface area contributed by atoms with Crippen LogP contribution in [0.4, 0.5) is 28.6 Å². The van der Waals surface area contributed by atoms with Crippen molar-refractivity contribution in [2.24, 2.45) is 0 Å². The molecule has 0 radical (unpaired) electrons. The van der Waals surface area contributed by atoms with Crippen LogP contribution in [0.15, 0.2) is 66.9 Å². The normalized spacial score (nSPS) is 10.3. The molecule has 144 valence electrons. The van der Waals surface area contributed by atoms with Gasteiger partial charge in [0.25, 0.3) is 5.91 Å². The van der Waals surface area contributed by atoms with E-state index in [0.29, 0.717) is 11.4 Å².